The van der Waals surface area contributed by atoms with Gasteiger partial charge in [-0.25, -0.2) is 4.98 Å². The van der Waals surface area contributed by atoms with Gasteiger partial charge >= 0.3 is 0 Å². The smallest absolute Gasteiger partial charge is 0.262 e. The Labute approximate surface area is 126 Å². The van der Waals surface area contributed by atoms with E-state index in [1.807, 2.05) is 47.9 Å². The lowest BCUT2D eigenvalue weighted by molar-refractivity contribution is 0.0963. The standard InChI is InChI=1S/C17H14N4O/c1-11-7-14-15(18)3-2-4-16(14)21(11)17(22)12-5-6-20-10-19-9-13(20)8-12/h2-10H,18H2,1H3. The van der Waals surface area contributed by atoms with Crippen LogP contribution < -0.4 is 5.73 Å². The fourth-order valence-electron chi connectivity index (χ4n) is 2.84. The number of carbonyl (C=O) groups excluding carboxylic acids is 1. The van der Waals surface area contributed by atoms with E-state index < -0.39 is 0 Å². The maximum absolute atomic E-state index is 12.9. The van der Waals surface area contributed by atoms with Crippen molar-refractivity contribution in [3.8, 4) is 0 Å². The van der Waals surface area contributed by atoms with Gasteiger partial charge < -0.3 is 10.1 Å². The molecule has 22 heavy (non-hydrogen) atoms. The maximum Gasteiger partial charge on any atom is 0.262 e. The first kappa shape index (κ1) is 12.6. The summed E-state index contributed by atoms with van der Waals surface area (Å²) in [5, 5.41) is 0.902. The van der Waals surface area contributed by atoms with Gasteiger partial charge in [-0.15, -0.1) is 0 Å². The van der Waals surface area contributed by atoms with Crippen LogP contribution in [0.5, 0.6) is 0 Å². The molecule has 0 unspecified atom stereocenters. The molecule has 0 atom stereocenters. The molecule has 0 aliphatic carbocycles. The number of nitrogens with two attached hydrogens (primary N) is 1. The minimum Gasteiger partial charge on any atom is -0.398 e. The van der Waals surface area contributed by atoms with Crippen molar-refractivity contribution in [2.24, 2.45) is 0 Å². The summed E-state index contributed by atoms with van der Waals surface area (Å²) in [6.45, 7) is 1.91. The number of pyridine rings is 1. The number of imidazole rings is 1. The summed E-state index contributed by atoms with van der Waals surface area (Å²) < 4.78 is 3.57. The zero-order chi connectivity index (χ0) is 15.3. The molecule has 3 heterocycles. The second-order valence-corrected chi connectivity index (χ2v) is 5.35. The van der Waals surface area contributed by atoms with Gasteiger partial charge in [0.25, 0.3) is 5.91 Å². The molecule has 0 amide bonds. The molecule has 0 bridgehead atoms. The summed E-state index contributed by atoms with van der Waals surface area (Å²) in [6.07, 6.45) is 5.28. The van der Waals surface area contributed by atoms with Gasteiger partial charge in [0, 0.05) is 28.5 Å². The predicted molar refractivity (Wildman–Crippen MR) is 86.0 cm³/mol. The zero-order valence-electron chi connectivity index (χ0n) is 12.0. The molecule has 4 aromatic rings. The maximum atomic E-state index is 12.9. The third-order valence-corrected chi connectivity index (χ3v) is 3.93. The van der Waals surface area contributed by atoms with Crippen LogP contribution in [-0.2, 0) is 0 Å². The molecular weight excluding hydrogens is 276 g/mol. The van der Waals surface area contributed by atoms with Gasteiger partial charge in [-0.05, 0) is 37.3 Å². The molecule has 0 saturated heterocycles. The van der Waals surface area contributed by atoms with Crippen LogP contribution in [0.15, 0.2) is 55.1 Å². The van der Waals surface area contributed by atoms with Crippen LogP contribution in [0, 0.1) is 6.92 Å². The minimum absolute atomic E-state index is 0.0678. The summed E-state index contributed by atoms with van der Waals surface area (Å²) in [5.74, 6) is -0.0678. The molecule has 0 radical (unpaired) electrons. The monoisotopic (exact) mass is 290 g/mol. The van der Waals surface area contributed by atoms with E-state index in [-0.39, 0.29) is 5.91 Å². The number of anilines is 1. The van der Waals surface area contributed by atoms with Gasteiger partial charge in [-0.1, -0.05) is 6.07 Å². The predicted octanol–water partition coefficient (Wildman–Crippen LogP) is 2.87. The van der Waals surface area contributed by atoms with Crippen molar-refractivity contribution in [3.05, 3.63) is 66.4 Å². The van der Waals surface area contributed by atoms with Crippen molar-refractivity contribution < 1.29 is 4.79 Å². The number of nitrogen functional groups attached to an aromatic ring is 1. The van der Waals surface area contributed by atoms with Crippen LogP contribution >= 0.6 is 0 Å². The Morgan fingerprint density at radius 3 is 2.95 bits per heavy atom. The van der Waals surface area contributed by atoms with E-state index in [2.05, 4.69) is 4.98 Å². The molecule has 2 N–H and O–H groups in total. The highest BCUT2D eigenvalue weighted by Gasteiger charge is 2.16. The number of nitrogens with zero attached hydrogens (tertiary/aromatic N) is 3. The number of fused-ring (bicyclic) bond motifs is 2. The van der Waals surface area contributed by atoms with Gasteiger partial charge in [-0.2, -0.15) is 0 Å². The molecule has 0 fully saturated rings. The molecule has 5 nitrogen and oxygen atoms in total. The van der Waals surface area contributed by atoms with Crippen LogP contribution in [-0.4, -0.2) is 19.9 Å². The zero-order valence-corrected chi connectivity index (χ0v) is 12.0. The highest BCUT2D eigenvalue weighted by molar-refractivity contribution is 6.05. The molecular formula is C17H14N4O. The Balaban J connectivity index is 1.92. The lowest BCUT2D eigenvalue weighted by atomic mass is 10.2. The number of benzene rings is 1. The third kappa shape index (κ3) is 1.72. The summed E-state index contributed by atoms with van der Waals surface area (Å²) in [5.41, 5.74) is 9.89. The number of aryl methyl sites for hydroxylation is 1. The summed E-state index contributed by atoms with van der Waals surface area (Å²) in [7, 11) is 0. The molecule has 1 aromatic carbocycles. The van der Waals surface area contributed by atoms with Crippen LogP contribution in [0.4, 0.5) is 5.69 Å². The first-order valence-electron chi connectivity index (χ1n) is 6.98. The van der Waals surface area contributed by atoms with E-state index in [1.165, 1.54) is 0 Å². The molecule has 5 heteroatoms. The average Bonchev–Trinajstić information content (AvgIpc) is 3.10. The first-order valence-corrected chi connectivity index (χ1v) is 6.98. The Bertz CT molecular complexity index is 1030. The number of hydrogen-bond donors (Lipinski definition) is 1. The topological polar surface area (TPSA) is 65.3 Å². The molecule has 0 aliphatic heterocycles. The number of carbonyl (C=O) groups is 1. The van der Waals surface area contributed by atoms with E-state index in [4.69, 9.17) is 5.73 Å². The van der Waals surface area contributed by atoms with E-state index >= 15 is 0 Å². The fraction of sp³-hybridized carbons (Fsp3) is 0.0588. The Morgan fingerprint density at radius 1 is 1.23 bits per heavy atom. The highest BCUT2D eigenvalue weighted by Crippen LogP contribution is 2.25. The van der Waals surface area contributed by atoms with E-state index in [9.17, 15) is 4.79 Å². The van der Waals surface area contributed by atoms with E-state index in [0.29, 0.717) is 11.3 Å². The third-order valence-electron chi connectivity index (χ3n) is 3.93. The van der Waals surface area contributed by atoms with Crippen molar-refractivity contribution in [1.82, 2.24) is 14.0 Å². The Kier molecular flexibility index (Phi) is 2.56. The van der Waals surface area contributed by atoms with Gasteiger partial charge in [0.15, 0.2) is 0 Å². The molecule has 0 saturated carbocycles. The van der Waals surface area contributed by atoms with E-state index in [0.717, 1.165) is 22.1 Å². The largest absolute Gasteiger partial charge is 0.398 e. The fourth-order valence-corrected chi connectivity index (χ4v) is 2.84. The quantitative estimate of drug-likeness (QED) is 0.548. The van der Waals surface area contributed by atoms with Gasteiger partial charge in [0.2, 0.25) is 0 Å². The highest BCUT2D eigenvalue weighted by atomic mass is 16.2. The lowest BCUT2D eigenvalue weighted by Crippen LogP contribution is -2.13. The van der Waals surface area contributed by atoms with Crippen LogP contribution in [0.25, 0.3) is 16.4 Å². The van der Waals surface area contributed by atoms with Gasteiger partial charge in [0.05, 0.1) is 23.6 Å². The Morgan fingerprint density at radius 2 is 2.09 bits per heavy atom. The van der Waals surface area contributed by atoms with Crippen LogP contribution in [0.1, 0.15) is 16.1 Å². The molecule has 108 valence electrons. The second-order valence-electron chi connectivity index (χ2n) is 5.35. The average molecular weight is 290 g/mol. The van der Waals surface area contributed by atoms with Crippen molar-refractivity contribution in [3.63, 3.8) is 0 Å². The SMILES string of the molecule is Cc1cc2c(N)cccc2n1C(=O)c1ccn2cncc2c1. The molecule has 0 spiro atoms. The number of rotatable bonds is 1. The normalized spacial score (nSPS) is 11.3. The first-order chi connectivity index (χ1) is 10.6. The molecule has 3 aromatic heterocycles. The van der Waals surface area contributed by atoms with Crippen LogP contribution in [0.2, 0.25) is 0 Å². The number of aromatic nitrogens is 3. The summed E-state index contributed by atoms with van der Waals surface area (Å²) in [6, 6.07) is 11.2. The summed E-state index contributed by atoms with van der Waals surface area (Å²) in [4.78, 5) is 17.0. The van der Waals surface area contributed by atoms with Gasteiger partial charge in [-0.3, -0.25) is 9.36 Å². The Hall–Kier alpha value is -3.08. The summed E-state index contributed by atoms with van der Waals surface area (Å²) >= 11 is 0. The minimum atomic E-state index is -0.0678. The van der Waals surface area contributed by atoms with Crippen molar-refractivity contribution in [2.45, 2.75) is 6.92 Å². The molecule has 4 rings (SSSR count). The van der Waals surface area contributed by atoms with Crippen LogP contribution in [0.3, 0.4) is 0 Å². The van der Waals surface area contributed by atoms with Crippen molar-refractivity contribution in [2.75, 3.05) is 5.73 Å². The van der Waals surface area contributed by atoms with E-state index in [1.54, 1.807) is 23.2 Å². The van der Waals surface area contributed by atoms with Gasteiger partial charge in [0.1, 0.15) is 0 Å². The van der Waals surface area contributed by atoms with Crippen molar-refractivity contribution in [1.29, 1.82) is 0 Å². The number of hydrogen-bond acceptors (Lipinski definition) is 3. The van der Waals surface area contributed by atoms with Crippen molar-refractivity contribution >= 4 is 28.0 Å². The lowest BCUT2D eigenvalue weighted by Gasteiger charge is -2.08. The molecule has 0 aliphatic rings. The second kappa shape index (κ2) is 4.46.